The van der Waals surface area contributed by atoms with Gasteiger partial charge in [0.25, 0.3) is 0 Å². The minimum atomic E-state index is 0.426. The van der Waals surface area contributed by atoms with E-state index in [4.69, 9.17) is 6.42 Å². The second kappa shape index (κ2) is 5.36. The maximum atomic E-state index is 5.42. The van der Waals surface area contributed by atoms with E-state index in [1.165, 1.54) is 0 Å². The first-order chi connectivity index (χ1) is 8.61. The molecule has 0 unspecified atom stereocenters. The summed E-state index contributed by atoms with van der Waals surface area (Å²) >= 11 is 0. The molecule has 2 rings (SSSR count). The van der Waals surface area contributed by atoms with Crippen LogP contribution in [0.1, 0.15) is 19.4 Å². The average Bonchev–Trinajstić information content (AvgIpc) is 2.34. The summed E-state index contributed by atoms with van der Waals surface area (Å²) in [7, 11) is 0. The number of aromatic nitrogens is 2. The van der Waals surface area contributed by atoms with Gasteiger partial charge in [-0.05, 0) is 26.3 Å². The van der Waals surface area contributed by atoms with Gasteiger partial charge in [0.15, 0.2) is 0 Å². The molecule has 96 valence electrons. The molecular formula is C14H20N4. The topological polar surface area (TPSA) is 32.3 Å². The molecule has 0 aliphatic carbocycles. The number of anilines is 1. The fraction of sp³-hybridized carbons (Fsp3) is 0.571. The van der Waals surface area contributed by atoms with Crippen LogP contribution >= 0.6 is 0 Å². The molecule has 0 saturated carbocycles. The SMILES string of the molecule is C#CCN1[C@H](C)CN(c2ncc(C)cn2)C[C@@H]1C. The second-order valence-corrected chi connectivity index (χ2v) is 5.04. The van der Waals surface area contributed by atoms with Crippen LogP contribution in [0.2, 0.25) is 0 Å². The summed E-state index contributed by atoms with van der Waals surface area (Å²) in [4.78, 5) is 13.4. The van der Waals surface area contributed by atoms with Gasteiger partial charge in [-0.1, -0.05) is 5.92 Å². The van der Waals surface area contributed by atoms with Gasteiger partial charge in [0.1, 0.15) is 0 Å². The van der Waals surface area contributed by atoms with Gasteiger partial charge in [-0.25, -0.2) is 9.97 Å². The largest absolute Gasteiger partial charge is 0.338 e. The molecule has 18 heavy (non-hydrogen) atoms. The molecule has 0 spiro atoms. The van der Waals surface area contributed by atoms with Crippen molar-refractivity contribution in [3.8, 4) is 12.3 Å². The number of rotatable bonds is 2. The minimum absolute atomic E-state index is 0.426. The van der Waals surface area contributed by atoms with Gasteiger partial charge in [0.2, 0.25) is 5.95 Å². The Bertz CT molecular complexity index is 422. The molecule has 2 heterocycles. The standard InChI is InChI=1S/C14H20N4/c1-5-6-18-12(3)9-17(10-13(18)4)14-15-7-11(2)8-16-14/h1,7-8,12-13H,6,9-10H2,2-4H3/t12-,13+. The van der Waals surface area contributed by atoms with Gasteiger partial charge in [-0.2, -0.15) is 0 Å². The predicted octanol–water partition coefficient (Wildman–Crippen LogP) is 1.32. The lowest BCUT2D eigenvalue weighted by Crippen LogP contribution is -2.57. The van der Waals surface area contributed by atoms with Crippen LogP contribution in [0.25, 0.3) is 0 Å². The molecule has 0 aromatic carbocycles. The maximum Gasteiger partial charge on any atom is 0.225 e. The van der Waals surface area contributed by atoms with E-state index in [0.29, 0.717) is 18.6 Å². The van der Waals surface area contributed by atoms with Crippen LogP contribution in [-0.2, 0) is 0 Å². The first kappa shape index (κ1) is 12.8. The number of piperazine rings is 1. The number of aryl methyl sites for hydroxylation is 1. The van der Waals surface area contributed by atoms with Crippen molar-refractivity contribution in [2.24, 2.45) is 0 Å². The Morgan fingerprint density at radius 2 is 1.83 bits per heavy atom. The summed E-state index contributed by atoms with van der Waals surface area (Å²) in [6, 6.07) is 0.851. The Morgan fingerprint density at radius 3 is 2.33 bits per heavy atom. The Balaban J connectivity index is 2.10. The molecule has 4 heteroatoms. The van der Waals surface area contributed by atoms with Gasteiger partial charge < -0.3 is 4.90 Å². The highest BCUT2D eigenvalue weighted by atomic mass is 15.3. The number of hydrogen-bond donors (Lipinski definition) is 0. The van der Waals surface area contributed by atoms with E-state index in [-0.39, 0.29) is 0 Å². The predicted molar refractivity (Wildman–Crippen MR) is 73.4 cm³/mol. The molecule has 0 bridgehead atoms. The molecule has 0 N–H and O–H groups in total. The van der Waals surface area contributed by atoms with Gasteiger partial charge in [-0.15, -0.1) is 6.42 Å². The summed E-state index contributed by atoms with van der Waals surface area (Å²) in [5.41, 5.74) is 1.09. The quantitative estimate of drug-likeness (QED) is 0.734. The van der Waals surface area contributed by atoms with Crippen molar-refractivity contribution in [1.29, 1.82) is 0 Å². The van der Waals surface area contributed by atoms with Gasteiger partial charge in [-0.3, -0.25) is 4.90 Å². The smallest absolute Gasteiger partial charge is 0.225 e. The van der Waals surface area contributed by atoms with E-state index in [1.54, 1.807) is 0 Å². The fourth-order valence-corrected chi connectivity index (χ4v) is 2.49. The molecule has 2 atom stereocenters. The van der Waals surface area contributed by atoms with Crippen molar-refractivity contribution >= 4 is 5.95 Å². The average molecular weight is 244 g/mol. The van der Waals surface area contributed by atoms with Crippen LogP contribution in [0.3, 0.4) is 0 Å². The highest BCUT2D eigenvalue weighted by Gasteiger charge is 2.29. The van der Waals surface area contributed by atoms with Gasteiger partial charge in [0, 0.05) is 37.6 Å². The van der Waals surface area contributed by atoms with E-state index < -0.39 is 0 Å². The van der Waals surface area contributed by atoms with E-state index in [2.05, 4.69) is 39.5 Å². The van der Waals surface area contributed by atoms with Crippen LogP contribution in [0.5, 0.6) is 0 Å². The minimum Gasteiger partial charge on any atom is -0.338 e. The lowest BCUT2D eigenvalue weighted by Gasteiger charge is -2.43. The van der Waals surface area contributed by atoms with Crippen molar-refractivity contribution in [3.63, 3.8) is 0 Å². The molecule has 1 aliphatic heterocycles. The van der Waals surface area contributed by atoms with E-state index >= 15 is 0 Å². The first-order valence-electron chi connectivity index (χ1n) is 6.34. The lowest BCUT2D eigenvalue weighted by atomic mass is 10.1. The molecule has 4 nitrogen and oxygen atoms in total. The molecule has 0 amide bonds. The van der Waals surface area contributed by atoms with Crippen LogP contribution in [-0.4, -0.2) is 46.6 Å². The fourth-order valence-electron chi connectivity index (χ4n) is 2.49. The third-order valence-electron chi connectivity index (χ3n) is 3.43. The highest BCUT2D eigenvalue weighted by Crippen LogP contribution is 2.18. The van der Waals surface area contributed by atoms with Crippen LogP contribution in [0.4, 0.5) is 5.95 Å². The van der Waals surface area contributed by atoms with Crippen LogP contribution in [0.15, 0.2) is 12.4 Å². The Labute approximate surface area is 109 Å². The summed E-state index contributed by atoms with van der Waals surface area (Å²) in [6.07, 6.45) is 9.15. The Kier molecular flexibility index (Phi) is 3.83. The summed E-state index contributed by atoms with van der Waals surface area (Å²) in [5.74, 6) is 3.56. The van der Waals surface area contributed by atoms with Crippen molar-refractivity contribution < 1.29 is 0 Å². The Hall–Kier alpha value is -1.60. The zero-order valence-corrected chi connectivity index (χ0v) is 11.3. The molecule has 1 aliphatic rings. The van der Waals surface area contributed by atoms with Crippen molar-refractivity contribution in [1.82, 2.24) is 14.9 Å². The third-order valence-corrected chi connectivity index (χ3v) is 3.43. The van der Waals surface area contributed by atoms with Crippen molar-refractivity contribution in [2.75, 3.05) is 24.5 Å². The summed E-state index contributed by atoms with van der Waals surface area (Å²) in [5, 5.41) is 0. The molecular weight excluding hydrogens is 224 g/mol. The van der Waals surface area contributed by atoms with E-state index in [1.807, 2.05) is 19.3 Å². The summed E-state index contributed by atoms with van der Waals surface area (Å²) < 4.78 is 0. The molecule has 1 saturated heterocycles. The summed E-state index contributed by atoms with van der Waals surface area (Å²) in [6.45, 7) is 8.97. The Morgan fingerprint density at radius 1 is 1.28 bits per heavy atom. The third kappa shape index (κ3) is 2.62. The van der Waals surface area contributed by atoms with Crippen molar-refractivity contribution in [2.45, 2.75) is 32.9 Å². The zero-order valence-electron chi connectivity index (χ0n) is 11.3. The van der Waals surface area contributed by atoms with Crippen LogP contribution in [0, 0.1) is 19.3 Å². The van der Waals surface area contributed by atoms with Crippen LogP contribution < -0.4 is 4.90 Å². The normalized spacial score (nSPS) is 24.9. The zero-order chi connectivity index (χ0) is 13.1. The molecule has 1 aromatic rings. The number of nitrogens with zero attached hydrogens (tertiary/aromatic N) is 4. The lowest BCUT2D eigenvalue weighted by molar-refractivity contribution is 0.151. The van der Waals surface area contributed by atoms with E-state index in [9.17, 15) is 0 Å². The second-order valence-electron chi connectivity index (χ2n) is 5.04. The van der Waals surface area contributed by atoms with Gasteiger partial charge in [0.05, 0.1) is 6.54 Å². The number of hydrogen-bond acceptors (Lipinski definition) is 4. The van der Waals surface area contributed by atoms with E-state index in [0.717, 1.165) is 24.6 Å². The number of terminal acetylenes is 1. The first-order valence-corrected chi connectivity index (χ1v) is 6.34. The van der Waals surface area contributed by atoms with Crippen molar-refractivity contribution in [3.05, 3.63) is 18.0 Å². The van der Waals surface area contributed by atoms with Gasteiger partial charge >= 0.3 is 0 Å². The molecule has 1 fully saturated rings. The molecule has 1 aromatic heterocycles. The monoisotopic (exact) mass is 244 g/mol. The maximum absolute atomic E-state index is 5.42. The highest BCUT2D eigenvalue weighted by molar-refractivity contribution is 5.31. The molecule has 0 radical (unpaired) electrons.